The standard InChI is InChI=1S/2C15H11N.4C5H6O4.Ir/c2*1-2-6-12(7-3-1)15-11-10-13-8-4-5-9-14(13)16-15;4*1-3(6)2-4(7)5(8)9;/h2*1-11H;4*2H2,1H3,(H,8,9);/q;;;;;;+4/p-4. The van der Waals surface area contributed by atoms with Crippen LogP contribution in [0.1, 0.15) is 53.4 Å². The number of benzene rings is 4. The molecule has 18 nitrogen and oxygen atoms in total. The average molecular weight is 1120 g/mol. The summed E-state index contributed by atoms with van der Waals surface area (Å²) in [4.78, 5) is 128. The van der Waals surface area contributed by atoms with Crippen LogP contribution in [0.4, 0.5) is 0 Å². The molecule has 0 saturated carbocycles. The third kappa shape index (κ3) is 25.8. The van der Waals surface area contributed by atoms with E-state index in [-0.39, 0.29) is 20.1 Å². The number of carboxylic acids is 4. The largest absolute Gasteiger partial charge is 4.00 e. The van der Waals surface area contributed by atoms with Gasteiger partial charge in [-0.1, -0.05) is 109 Å². The van der Waals surface area contributed by atoms with Gasteiger partial charge < -0.3 is 39.6 Å². The fraction of sp³-hybridized carbons (Fsp3) is 0.160. The van der Waals surface area contributed by atoms with Crippen molar-refractivity contribution in [2.45, 2.75) is 53.4 Å². The summed E-state index contributed by atoms with van der Waals surface area (Å²) in [6.45, 7) is 4.56. The Labute approximate surface area is 407 Å². The van der Waals surface area contributed by atoms with Gasteiger partial charge in [0.2, 0.25) is 0 Å². The Morgan fingerprint density at radius 3 is 0.783 bits per heavy atom. The second-order valence-electron chi connectivity index (χ2n) is 13.9. The van der Waals surface area contributed by atoms with Gasteiger partial charge in [-0.3, -0.25) is 38.4 Å². The fourth-order valence-electron chi connectivity index (χ4n) is 4.86. The number of aromatic nitrogens is 2. The molecule has 0 saturated heterocycles. The molecule has 0 spiro atoms. The van der Waals surface area contributed by atoms with Crippen molar-refractivity contribution in [2.24, 2.45) is 0 Å². The Morgan fingerprint density at radius 2 is 0.565 bits per heavy atom. The van der Waals surface area contributed by atoms with Gasteiger partial charge in [-0.15, -0.1) is 0 Å². The molecule has 6 rings (SSSR count). The minimum atomic E-state index is -1.80. The first-order valence-electron chi connectivity index (χ1n) is 19.8. The van der Waals surface area contributed by atoms with Crippen LogP contribution in [0.25, 0.3) is 44.3 Å². The van der Waals surface area contributed by atoms with Crippen molar-refractivity contribution in [1.29, 1.82) is 0 Å². The Balaban J connectivity index is 0.000000825. The first-order valence-corrected chi connectivity index (χ1v) is 19.8. The van der Waals surface area contributed by atoms with Crippen molar-refractivity contribution >= 4 is 91.9 Å². The number of carboxylic acid groups (broad SMARTS) is 4. The van der Waals surface area contributed by atoms with Crippen LogP contribution in [0.2, 0.25) is 0 Å². The maximum atomic E-state index is 10.1. The molecule has 0 bridgehead atoms. The number of hydrogen-bond donors (Lipinski definition) is 0. The molecule has 0 atom stereocenters. The van der Waals surface area contributed by atoms with Crippen LogP contribution in [0.15, 0.2) is 133 Å². The van der Waals surface area contributed by atoms with Crippen LogP contribution < -0.4 is 20.4 Å². The quantitative estimate of drug-likeness (QED) is 0.108. The number of nitrogens with zero attached hydrogens (tertiary/aromatic N) is 2. The first kappa shape index (κ1) is 60.6. The molecule has 2 aromatic heterocycles. The SMILES string of the molecule is CC(=O)CC(=O)C(=O)[O-].CC(=O)CC(=O)C(=O)[O-].CC(=O)CC(=O)C(=O)[O-].CC(=O)CC(=O)C(=O)[O-].[Ir+4].c1ccc(-c2ccc3ccccc3n2)cc1.c1ccc(-c2ccc3ccccc3n2)cc1. The molecule has 69 heavy (non-hydrogen) atoms. The Hall–Kier alpha value is -8.41. The number of pyridine rings is 2. The second-order valence-corrected chi connectivity index (χ2v) is 13.9. The van der Waals surface area contributed by atoms with Gasteiger partial charge in [0, 0.05) is 21.9 Å². The maximum Gasteiger partial charge on any atom is 4.00 e. The van der Waals surface area contributed by atoms with Crippen molar-refractivity contribution in [3.63, 3.8) is 0 Å². The molecule has 0 aliphatic heterocycles. The fourth-order valence-corrected chi connectivity index (χ4v) is 4.86. The summed E-state index contributed by atoms with van der Waals surface area (Å²) in [5, 5.41) is 40.9. The number of hydrogen-bond acceptors (Lipinski definition) is 18. The van der Waals surface area contributed by atoms with E-state index in [1.807, 2.05) is 72.8 Å². The van der Waals surface area contributed by atoms with Crippen LogP contribution in [-0.2, 0) is 77.6 Å². The number of carbonyl (C=O) groups is 12. The summed E-state index contributed by atoms with van der Waals surface area (Å²) >= 11 is 0. The van der Waals surface area contributed by atoms with E-state index in [2.05, 4.69) is 70.6 Å². The summed E-state index contributed by atoms with van der Waals surface area (Å²) in [5.74, 6) is -13.7. The molecule has 0 unspecified atom stereocenters. The number of para-hydroxylation sites is 2. The number of aliphatic carboxylic acids is 4. The summed E-state index contributed by atoms with van der Waals surface area (Å²) in [5.41, 5.74) is 6.47. The van der Waals surface area contributed by atoms with Gasteiger partial charge in [-0.2, -0.15) is 0 Å². The molecule has 1 radical (unpaired) electrons. The smallest absolute Gasteiger partial charge is 0.542 e. The second kappa shape index (κ2) is 32.3. The van der Waals surface area contributed by atoms with Crippen LogP contribution in [0.3, 0.4) is 0 Å². The Kier molecular flexibility index (Phi) is 28.4. The number of ketones is 8. The van der Waals surface area contributed by atoms with E-state index in [4.69, 9.17) is 0 Å². The van der Waals surface area contributed by atoms with Gasteiger partial charge in [0.05, 0.1) is 48.1 Å². The Bertz CT molecular complexity index is 2530. The van der Waals surface area contributed by atoms with Crippen molar-refractivity contribution in [3.05, 3.63) is 133 Å². The van der Waals surface area contributed by atoms with Crippen molar-refractivity contribution < 1.29 is 98.1 Å². The molecule has 357 valence electrons. The van der Waals surface area contributed by atoms with Crippen molar-refractivity contribution in [1.82, 2.24) is 9.97 Å². The average Bonchev–Trinajstić information content (AvgIpc) is 3.29. The predicted molar refractivity (Wildman–Crippen MR) is 236 cm³/mol. The number of fused-ring (bicyclic) bond motifs is 2. The third-order valence-corrected chi connectivity index (χ3v) is 7.88. The van der Waals surface area contributed by atoms with Crippen molar-refractivity contribution in [3.8, 4) is 22.5 Å². The Morgan fingerprint density at radius 1 is 0.333 bits per heavy atom. The third-order valence-electron chi connectivity index (χ3n) is 7.88. The number of Topliss-reactive ketones (excluding diaryl/α,β-unsaturated/α-hetero) is 8. The zero-order valence-electron chi connectivity index (χ0n) is 37.3. The zero-order valence-corrected chi connectivity index (χ0v) is 39.7. The number of carbonyl (C=O) groups excluding carboxylic acids is 12. The maximum absolute atomic E-state index is 10.1. The topological polar surface area (TPSA) is 323 Å². The van der Waals surface area contributed by atoms with Gasteiger partial charge >= 0.3 is 20.1 Å². The molecule has 0 aliphatic rings. The van der Waals surface area contributed by atoms with E-state index in [0.717, 1.165) is 61.2 Å². The predicted octanol–water partition coefficient (Wildman–Crippen LogP) is 0.939. The monoisotopic (exact) mass is 1120 g/mol. The van der Waals surface area contributed by atoms with Crippen LogP contribution >= 0.6 is 0 Å². The van der Waals surface area contributed by atoms with Crippen LogP contribution in [0, 0.1) is 0 Å². The van der Waals surface area contributed by atoms with E-state index < -0.39 is 95.8 Å². The van der Waals surface area contributed by atoms with E-state index in [9.17, 15) is 78.0 Å². The molecule has 19 heteroatoms. The summed E-state index contributed by atoms with van der Waals surface area (Å²) in [7, 11) is 0. The van der Waals surface area contributed by atoms with Crippen LogP contribution in [-0.4, -0.2) is 80.1 Å². The molecule has 0 N–H and O–H groups in total. The number of rotatable bonds is 14. The molecular weight excluding hydrogens is 1080 g/mol. The molecular formula is C50H42IrN2O16. The van der Waals surface area contributed by atoms with E-state index >= 15 is 0 Å². The van der Waals surface area contributed by atoms with Gasteiger partial charge in [0.1, 0.15) is 47.0 Å². The molecule has 0 aliphatic carbocycles. The minimum absolute atomic E-state index is 0. The summed E-state index contributed by atoms with van der Waals surface area (Å²) < 4.78 is 0. The molecule has 0 amide bonds. The van der Waals surface area contributed by atoms with Crippen molar-refractivity contribution in [2.75, 3.05) is 0 Å². The van der Waals surface area contributed by atoms with E-state index in [1.165, 1.54) is 10.8 Å². The zero-order chi connectivity index (χ0) is 51.3. The van der Waals surface area contributed by atoms with Gasteiger partial charge in [0.25, 0.3) is 0 Å². The van der Waals surface area contributed by atoms with Gasteiger partial charge in [-0.25, -0.2) is 9.97 Å². The van der Waals surface area contributed by atoms with Gasteiger partial charge in [-0.05, 0) is 52.0 Å². The molecule has 4 aromatic carbocycles. The van der Waals surface area contributed by atoms with E-state index in [1.54, 1.807) is 0 Å². The molecule has 0 fully saturated rings. The normalized spacial score (nSPS) is 9.33. The van der Waals surface area contributed by atoms with Crippen LogP contribution in [0.5, 0.6) is 0 Å². The minimum Gasteiger partial charge on any atom is -0.542 e. The summed E-state index contributed by atoms with van der Waals surface area (Å²) in [6, 6.07) is 45.2. The first-order chi connectivity index (χ1) is 32.0. The molecule has 2 heterocycles. The summed E-state index contributed by atoms with van der Waals surface area (Å²) in [6.07, 6.45) is -2.27. The molecule has 6 aromatic rings. The van der Waals surface area contributed by atoms with Gasteiger partial charge in [0.15, 0.2) is 23.1 Å². The van der Waals surface area contributed by atoms with E-state index in [0.29, 0.717) is 0 Å².